The zero-order valence-electron chi connectivity index (χ0n) is 5.56. The molecule has 0 saturated heterocycles. The Hall–Kier alpha value is -1.25. The maximum absolute atomic E-state index is 12.4. The Bertz CT molecular complexity index is 237. The molecule has 0 aliphatic heterocycles. The molecule has 0 radical (unpaired) electrons. The number of phenolic OH excluding ortho intramolecular Hbond substituents is 1. The Morgan fingerprint density at radius 1 is 1.50 bits per heavy atom. The van der Waals surface area contributed by atoms with Gasteiger partial charge in [-0.1, -0.05) is 0 Å². The van der Waals surface area contributed by atoms with Crippen LogP contribution in [-0.4, -0.2) is 12.2 Å². The molecule has 1 aromatic carbocycles. The molecule has 54 valence electrons. The number of anilines is 1. The van der Waals surface area contributed by atoms with E-state index < -0.39 is 0 Å². The molecule has 3 heteroatoms. The standard InChI is InChI=1S/C7H8FNO/c1-9-6-4-5(8)2-3-7(6)10/h2-4,9-10H,1H3. The number of hydrogen-bond donors (Lipinski definition) is 2. The minimum atomic E-state index is -0.359. The lowest BCUT2D eigenvalue weighted by molar-refractivity contribution is 0.475. The van der Waals surface area contributed by atoms with E-state index in [0.717, 1.165) is 0 Å². The highest BCUT2D eigenvalue weighted by Gasteiger charge is 1.98. The molecule has 1 aromatic rings. The molecule has 0 fully saturated rings. The van der Waals surface area contributed by atoms with E-state index in [-0.39, 0.29) is 11.6 Å². The van der Waals surface area contributed by atoms with Crippen LogP contribution in [0.1, 0.15) is 0 Å². The van der Waals surface area contributed by atoms with Crippen molar-refractivity contribution in [1.82, 2.24) is 0 Å². The molecule has 0 amide bonds. The molecule has 0 aliphatic rings. The predicted octanol–water partition coefficient (Wildman–Crippen LogP) is 1.57. The Morgan fingerprint density at radius 2 is 2.20 bits per heavy atom. The molecule has 0 unspecified atom stereocenters. The van der Waals surface area contributed by atoms with Gasteiger partial charge in [-0.2, -0.15) is 0 Å². The van der Waals surface area contributed by atoms with Gasteiger partial charge in [0.05, 0.1) is 5.69 Å². The Labute approximate surface area is 58.3 Å². The number of rotatable bonds is 1. The molecule has 0 atom stereocenters. The number of aromatic hydroxyl groups is 1. The monoisotopic (exact) mass is 141 g/mol. The zero-order chi connectivity index (χ0) is 7.56. The lowest BCUT2D eigenvalue weighted by Crippen LogP contribution is -1.88. The van der Waals surface area contributed by atoms with Crippen LogP contribution < -0.4 is 5.32 Å². The first kappa shape index (κ1) is 6.86. The van der Waals surface area contributed by atoms with Gasteiger partial charge >= 0.3 is 0 Å². The highest BCUT2D eigenvalue weighted by molar-refractivity contribution is 5.54. The second kappa shape index (κ2) is 2.56. The highest BCUT2D eigenvalue weighted by atomic mass is 19.1. The third kappa shape index (κ3) is 1.18. The van der Waals surface area contributed by atoms with E-state index in [1.165, 1.54) is 18.2 Å². The third-order valence-corrected chi connectivity index (χ3v) is 1.23. The maximum Gasteiger partial charge on any atom is 0.138 e. The van der Waals surface area contributed by atoms with Crippen molar-refractivity contribution in [3.05, 3.63) is 24.0 Å². The molecule has 0 aromatic heterocycles. The van der Waals surface area contributed by atoms with Gasteiger partial charge < -0.3 is 10.4 Å². The number of nitrogens with one attached hydrogen (secondary N) is 1. The van der Waals surface area contributed by atoms with Crippen LogP contribution in [-0.2, 0) is 0 Å². The fraction of sp³-hybridized carbons (Fsp3) is 0.143. The normalized spacial score (nSPS) is 9.40. The van der Waals surface area contributed by atoms with Crippen LogP contribution in [0.15, 0.2) is 18.2 Å². The highest BCUT2D eigenvalue weighted by Crippen LogP contribution is 2.22. The summed E-state index contributed by atoms with van der Waals surface area (Å²) in [6, 6.07) is 3.74. The summed E-state index contributed by atoms with van der Waals surface area (Å²) in [7, 11) is 1.62. The fourth-order valence-electron chi connectivity index (χ4n) is 0.709. The summed E-state index contributed by atoms with van der Waals surface area (Å²) >= 11 is 0. The summed E-state index contributed by atoms with van der Waals surface area (Å²) in [4.78, 5) is 0. The molecule has 2 nitrogen and oxygen atoms in total. The van der Waals surface area contributed by atoms with Gasteiger partial charge in [0.25, 0.3) is 0 Å². The van der Waals surface area contributed by atoms with Crippen LogP contribution >= 0.6 is 0 Å². The Morgan fingerprint density at radius 3 is 2.70 bits per heavy atom. The summed E-state index contributed by atoms with van der Waals surface area (Å²) in [5.41, 5.74) is 0.403. The van der Waals surface area contributed by atoms with Crippen LogP contribution in [0.3, 0.4) is 0 Å². The maximum atomic E-state index is 12.4. The molecular weight excluding hydrogens is 133 g/mol. The van der Waals surface area contributed by atoms with Gasteiger partial charge in [-0.25, -0.2) is 4.39 Å². The first-order chi connectivity index (χ1) is 4.74. The van der Waals surface area contributed by atoms with Gasteiger partial charge in [0.1, 0.15) is 11.6 Å². The van der Waals surface area contributed by atoms with Gasteiger partial charge in [-0.3, -0.25) is 0 Å². The van der Waals surface area contributed by atoms with E-state index in [1.807, 2.05) is 0 Å². The van der Waals surface area contributed by atoms with Gasteiger partial charge in [0.2, 0.25) is 0 Å². The van der Waals surface area contributed by atoms with E-state index in [0.29, 0.717) is 5.69 Å². The van der Waals surface area contributed by atoms with Crippen molar-refractivity contribution in [3.8, 4) is 5.75 Å². The molecule has 0 aliphatic carbocycles. The van der Waals surface area contributed by atoms with Gasteiger partial charge in [-0.05, 0) is 12.1 Å². The summed E-state index contributed by atoms with van der Waals surface area (Å²) in [5, 5.41) is 11.7. The van der Waals surface area contributed by atoms with E-state index in [1.54, 1.807) is 7.05 Å². The van der Waals surface area contributed by atoms with Crippen LogP contribution in [0.4, 0.5) is 10.1 Å². The fourth-order valence-corrected chi connectivity index (χ4v) is 0.709. The minimum Gasteiger partial charge on any atom is -0.506 e. The first-order valence-corrected chi connectivity index (χ1v) is 2.90. The van der Waals surface area contributed by atoms with Crippen LogP contribution in [0.25, 0.3) is 0 Å². The lowest BCUT2D eigenvalue weighted by Gasteiger charge is -2.01. The molecule has 0 spiro atoms. The van der Waals surface area contributed by atoms with Crippen molar-refractivity contribution < 1.29 is 9.50 Å². The second-order valence-electron chi connectivity index (χ2n) is 1.91. The minimum absolute atomic E-state index is 0.0592. The van der Waals surface area contributed by atoms with Crippen molar-refractivity contribution in [3.63, 3.8) is 0 Å². The molecule has 10 heavy (non-hydrogen) atoms. The van der Waals surface area contributed by atoms with E-state index in [4.69, 9.17) is 5.11 Å². The van der Waals surface area contributed by atoms with Crippen molar-refractivity contribution in [1.29, 1.82) is 0 Å². The third-order valence-electron chi connectivity index (χ3n) is 1.23. The van der Waals surface area contributed by atoms with E-state index in [2.05, 4.69) is 5.32 Å². The first-order valence-electron chi connectivity index (χ1n) is 2.90. The topological polar surface area (TPSA) is 32.3 Å². The number of hydrogen-bond acceptors (Lipinski definition) is 2. The lowest BCUT2D eigenvalue weighted by atomic mass is 10.3. The second-order valence-corrected chi connectivity index (χ2v) is 1.91. The van der Waals surface area contributed by atoms with Crippen LogP contribution in [0.5, 0.6) is 5.75 Å². The largest absolute Gasteiger partial charge is 0.506 e. The van der Waals surface area contributed by atoms with E-state index in [9.17, 15) is 4.39 Å². The molecular formula is C7H8FNO. The Kier molecular flexibility index (Phi) is 1.76. The summed E-state index contributed by atoms with van der Waals surface area (Å²) in [6.45, 7) is 0. The summed E-state index contributed by atoms with van der Waals surface area (Å²) in [6.07, 6.45) is 0. The summed E-state index contributed by atoms with van der Waals surface area (Å²) in [5.74, 6) is -0.300. The number of phenols is 1. The van der Waals surface area contributed by atoms with Crippen molar-refractivity contribution in [2.24, 2.45) is 0 Å². The van der Waals surface area contributed by atoms with Crippen molar-refractivity contribution in [2.45, 2.75) is 0 Å². The van der Waals surface area contributed by atoms with E-state index >= 15 is 0 Å². The van der Waals surface area contributed by atoms with Crippen LogP contribution in [0, 0.1) is 5.82 Å². The van der Waals surface area contributed by atoms with Gasteiger partial charge in [-0.15, -0.1) is 0 Å². The molecule has 0 saturated carbocycles. The average Bonchev–Trinajstić information content (AvgIpc) is 1.94. The van der Waals surface area contributed by atoms with Crippen LogP contribution in [0.2, 0.25) is 0 Å². The quantitative estimate of drug-likeness (QED) is 0.582. The smallest absolute Gasteiger partial charge is 0.138 e. The molecule has 0 bridgehead atoms. The number of halogens is 1. The molecule has 1 rings (SSSR count). The molecule has 0 heterocycles. The van der Waals surface area contributed by atoms with Crippen molar-refractivity contribution >= 4 is 5.69 Å². The summed E-state index contributed by atoms with van der Waals surface area (Å²) < 4.78 is 12.4. The van der Waals surface area contributed by atoms with Gasteiger partial charge in [0.15, 0.2) is 0 Å². The number of benzene rings is 1. The van der Waals surface area contributed by atoms with Crippen molar-refractivity contribution in [2.75, 3.05) is 12.4 Å². The average molecular weight is 141 g/mol. The molecule has 2 N–H and O–H groups in total. The zero-order valence-corrected chi connectivity index (χ0v) is 5.56. The van der Waals surface area contributed by atoms with Gasteiger partial charge in [0, 0.05) is 13.1 Å². The predicted molar refractivity (Wildman–Crippen MR) is 37.6 cm³/mol. The Balaban J connectivity index is 3.09. The SMILES string of the molecule is CNc1cc(F)ccc1O.